The van der Waals surface area contributed by atoms with Crippen LogP contribution in [0.3, 0.4) is 0 Å². The van der Waals surface area contributed by atoms with Crippen LogP contribution in [0.1, 0.15) is 30.5 Å². The minimum atomic E-state index is -0.541. The highest BCUT2D eigenvalue weighted by Crippen LogP contribution is 2.22. The van der Waals surface area contributed by atoms with Crippen LogP contribution in [-0.4, -0.2) is 29.3 Å². The second kappa shape index (κ2) is 7.07. The van der Waals surface area contributed by atoms with Crippen molar-refractivity contribution in [3.05, 3.63) is 41.5 Å². The predicted octanol–water partition coefficient (Wildman–Crippen LogP) is 2.97. The summed E-state index contributed by atoms with van der Waals surface area (Å²) in [7, 11) is 0. The summed E-state index contributed by atoms with van der Waals surface area (Å²) in [4.78, 5) is 25.5. The lowest BCUT2D eigenvalue weighted by molar-refractivity contribution is -0.135. The van der Waals surface area contributed by atoms with Crippen LogP contribution < -0.4 is 5.32 Å². The summed E-state index contributed by atoms with van der Waals surface area (Å²) in [6.07, 6.45) is 1.62. The second-order valence-corrected chi connectivity index (χ2v) is 5.40. The number of benzene rings is 1. The molecule has 4 nitrogen and oxygen atoms in total. The first-order valence-corrected chi connectivity index (χ1v) is 7.04. The molecule has 2 amide bonds. The van der Waals surface area contributed by atoms with Crippen molar-refractivity contribution in [3.8, 4) is 0 Å². The average molecular weight is 288 g/mol. The Labute approximate surface area is 126 Å². The maximum Gasteiger partial charge on any atom is 0.246 e. The average Bonchev–Trinajstić information content (AvgIpc) is 2.38. The number of amides is 2. The van der Waals surface area contributed by atoms with E-state index in [2.05, 4.69) is 11.9 Å². The van der Waals surface area contributed by atoms with Gasteiger partial charge in [0.1, 0.15) is 6.04 Å². The molecule has 21 heavy (non-hydrogen) atoms. The van der Waals surface area contributed by atoms with Crippen LogP contribution in [0.15, 0.2) is 24.8 Å². The highest BCUT2D eigenvalue weighted by Gasteiger charge is 2.23. The Balaban J connectivity index is 2.95. The summed E-state index contributed by atoms with van der Waals surface area (Å²) in [5.74, 6) is -0.336. The first-order chi connectivity index (χ1) is 9.77. The Morgan fingerprint density at radius 1 is 1.29 bits per heavy atom. The highest BCUT2D eigenvalue weighted by molar-refractivity contribution is 5.97. The van der Waals surface area contributed by atoms with E-state index in [9.17, 15) is 9.59 Å². The van der Waals surface area contributed by atoms with Crippen molar-refractivity contribution in [2.24, 2.45) is 0 Å². The fourth-order valence-electron chi connectivity index (χ4n) is 2.44. The zero-order valence-corrected chi connectivity index (χ0v) is 13.5. The summed E-state index contributed by atoms with van der Waals surface area (Å²) in [6.45, 7) is 13.1. The van der Waals surface area contributed by atoms with Gasteiger partial charge in [0.25, 0.3) is 0 Å². The van der Waals surface area contributed by atoms with E-state index < -0.39 is 6.04 Å². The second-order valence-electron chi connectivity index (χ2n) is 5.40. The van der Waals surface area contributed by atoms with E-state index in [-0.39, 0.29) is 11.8 Å². The monoisotopic (exact) mass is 288 g/mol. The van der Waals surface area contributed by atoms with Gasteiger partial charge in [0.05, 0.1) is 0 Å². The fourth-order valence-corrected chi connectivity index (χ4v) is 2.44. The van der Waals surface area contributed by atoms with Gasteiger partial charge in [0.15, 0.2) is 0 Å². The minimum Gasteiger partial charge on any atom is -0.327 e. The summed E-state index contributed by atoms with van der Waals surface area (Å²) >= 11 is 0. The number of hydrogen-bond donors (Lipinski definition) is 1. The lowest BCUT2D eigenvalue weighted by atomic mass is 10.0. The summed E-state index contributed by atoms with van der Waals surface area (Å²) < 4.78 is 0. The molecule has 4 heteroatoms. The topological polar surface area (TPSA) is 49.4 Å². The smallest absolute Gasteiger partial charge is 0.246 e. The van der Waals surface area contributed by atoms with E-state index in [1.807, 2.05) is 32.9 Å². The number of nitrogens with zero attached hydrogens (tertiary/aromatic N) is 1. The van der Waals surface area contributed by atoms with Gasteiger partial charge >= 0.3 is 0 Å². The Morgan fingerprint density at radius 3 is 2.24 bits per heavy atom. The van der Waals surface area contributed by atoms with Gasteiger partial charge in [-0.05, 0) is 38.8 Å². The van der Waals surface area contributed by atoms with Crippen molar-refractivity contribution < 1.29 is 9.59 Å². The van der Waals surface area contributed by atoms with E-state index in [0.29, 0.717) is 6.54 Å². The molecule has 1 rings (SSSR count). The maximum atomic E-state index is 12.4. The predicted molar refractivity (Wildman–Crippen MR) is 86.3 cm³/mol. The SMILES string of the molecule is C=CCN(C(C)=O)C(C)C(=O)Nc1c(C)cc(C)cc1C. The largest absolute Gasteiger partial charge is 0.327 e. The number of carbonyl (C=O) groups is 2. The lowest BCUT2D eigenvalue weighted by Gasteiger charge is -2.26. The number of aryl methyl sites for hydroxylation is 3. The molecule has 0 saturated carbocycles. The first-order valence-electron chi connectivity index (χ1n) is 7.04. The van der Waals surface area contributed by atoms with Crippen molar-refractivity contribution in [3.63, 3.8) is 0 Å². The van der Waals surface area contributed by atoms with Crippen LogP contribution in [0.4, 0.5) is 5.69 Å². The van der Waals surface area contributed by atoms with E-state index in [0.717, 1.165) is 22.4 Å². The van der Waals surface area contributed by atoms with Crippen molar-refractivity contribution in [2.75, 3.05) is 11.9 Å². The minimum absolute atomic E-state index is 0.144. The maximum absolute atomic E-state index is 12.4. The van der Waals surface area contributed by atoms with Gasteiger partial charge in [-0.2, -0.15) is 0 Å². The van der Waals surface area contributed by atoms with Crippen LogP contribution in [0.2, 0.25) is 0 Å². The molecule has 0 spiro atoms. The number of nitrogens with one attached hydrogen (secondary N) is 1. The van der Waals surface area contributed by atoms with Gasteiger partial charge in [-0.3, -0.25) is 9.59 Å². The number of carbonyl (C=O) groups excluding carboxylic acids is 2. The van der Waals surface area contributed by atoms with Gasteiger partial charge in [-0.25, -0.2) is 0 Å². The molecular weight excluding hydrogens is 264 g/mol. The Morgan fingerprint density at radius 2 is 1.81 bits per heavy atom. The van der Waals surface area contributed by atoms with E-state index in [1.54, 1.807) is 13.0 Å². The van der Waals surface area contributed by atoms with E-state index in [1.165, 1.54) is 11.8 Å². The third-order valence-electron chi connectivity index (χ3n) is 3.50. The quantitative estimate of drug-likeness (QED) is 0.847. The van der Waals surface area contributed by atoms with Crippen LogP contribution in [0.25, 0.3) is 0 Å². The molecule has 1 aromatic carbocycles. The molecule has 0 heterocycles. The Kier molecular flexibility index (Phi) is 5.70. The first kappa shape index (κ1) is 17.0. The van der Waals surface area contributed by atoms with Crippen LogP contribution in [0.5, 0.6) is 0 Å². The standard InChI is InChI=1S/C17H24N2O2/c1-7-8-19(15(6)20)14(5)17(21)18-16-12(3)9-11(2)10-13(16)4/h7,9-10,14H,1,8H2,2-6H3,(H,18,21). The third-order valence-corrected chi connectivity index (χ3v) is 3.50. The summed E-state index contributed by atoms with van der Waals surface area (Å²) in [5.41, 5.74) is 4.02. The van der Waals surface area contributed by atoms with Crippen molar-refractivity contribution >= 4 is 17.5 Å². The molecule has 1 aromatic rings. The van der Waals surface area contributed by atoms with Crippen molar-refractivity contribution in [1.82, 2.24) is 4.90 Å². The zero-order valence-electron chi connectivity index (χ0n) is 13.5. The molecule has 0 radical (unpaired) electrons. The van der Waals surface area contributed by atoms with E-state index >= 15 is 0 Å². The number of rotatable bonds is 5. The third kappa shape index (κ3) is 4.18. The van der Waals surface area contributed by atoms with Crippen LogP contribution >= 0.6 is 0 Å². The molecule has 0 aromatic heterocycles. The molecule has 0 aliphatic rings. The molecule has 0 bridgehead atoms. The van der Waals surface area contributed by atoms with Crippen molar-refractivity contribution in [2.45, 2.75) is 40.7 Å². The van der Waals surface area contributed by atoms with Gasteiger partial charge in [0, 0.05) is 19.2 Å². The molecule has 1 unspecified atom stereocenters. The molecule has 0 aliphatic carbocycles. The Hall–Kier alpha value is -2.10. The molecular formula is C17H24N2O2. The van der Waals surface area contributed by atoms with E-state index in [4.69, 9.17) is 0 Å². The lowest BCUT2D eigenvalue weighted by Crippen LogP contribution is -2.44. The Bertz CT molecular complexity index is 541. The van der Waals surface area contributed by atoms with Crippen LogP contribution in [-0.2, 0) is 9.59 Å². The van der Waals surface area contributed by atoms with Gasteiger partial charge in [-0.1, -0.05) is 23.8 Å². The van der Waals surface area contributed by atoms with Crippen LogP contribution in [0, 0.1) is 20.8 Å². The van der Waals surface area contributed by atoms with Gasteiger partial charge in [0.2, 0.25) is 11.8 Å². The summed E-state index contributed by atoms with van der Waals surface area (Å²) in [6, 6.07) is 3.51. The zero-order chi connectivity index (χ0) is 16.2. The van der Waals surface area contributed by atoms with Gasteiger partial charge < -0.3 is 10.2 Å². The normalized spacial score (nSPS) is 11.7. The molecule has 0 fully saturated rings. The molecule has 114 valence electrons. The molecule has 0 saturated heterocycles. The molecule has 1 N–H and O–H groups in total. The number of anilines is 1. The van der Waals surface area contributed by atoms with Crippen molar-refractivity contribution in [1.29, 1.82) is 0 Å². The molecule has 0 aliphatic heterocycles. The fraction of sp³-hybridized carbons (Fsp3) is 0.412. The van der Waals surface area contributed by atoms with Gasteiger partial charge in [-0.15, -0.1) is 6.58 Å². The molecule has 1 atom stereocenters. The summed E-state index contributed by atoms with van der Waals surface area (Å²) in [5, 5.41) is 2.93. The number of hydrogen-bond acceptors (Lipinski definition) is 2. The highest BCUT2D eigenvalue weighted by atomic mass is 16.2.